The number of hydrogen-bond acceptors (Lipinski definition) is 5. The lowest BCUT2D eigenvalue weighted by atomic mass is 10.3. The van der Waals surface area contributed by atoms with Gasteiger partial charge in [-0.3, -0.25) is 4.79 Å². The van der Waals surface area contributed by atoms with Gasteiger partial charge in [0.15, 0.2) is 0 Å². The molecule has 0 spiro atoms. The van der Waals surface area contributed by atoms with Crippen molar-refractivity contribution in [2.45, 2.75) is 26.8 Å². The number of thiophene rings is 1. The number of nitrogens with two attached hydrogens (primary N) is 1. The van der Waals surface area contributed by atoms with Crippen molar-refractivity contribution in [2.24, 2.45) is 0 Å². The fraction of sp³-hybridized carbons (Fsp3) is 0.333. The average molecular weight is 281 g/mol. The van der Waals surface area contributed by atoms with E-state index in [0.29, 0.717) is 17.1 Å². The first-order valence-electron chi connectivity index (χ1n) is 5.67. The van der Waals surface area contributed by atoms with E-state index in [0.717, 1.165) is 16.3 Å². The zero-order valence-electron chi connectivity index (χ0n) is 10.3. The van der Waals surface area contributed by atoms with Crippen molar-refractivity contribution in [1.82, 2.24) is 10.3 Å². The number of carbonyl (C=O) groups is 1. The van der Waals surface area contributed by atoms with Crippen LogP contribution in [-0.4, -0.2) is 10.9 Å². The summed E-state index contributed by atoms with van der Waals surface area (Å²) in [5.41, 5.74) is 6.40. The van der Waals surface area contributed by atoms with E-state index < -0.39 is 0 Å². The molecule has 6 heteroatoms. The van der Waals surface area contributed by atoms with Gasteiger partial charge in [0.25, 0.3) is 5.91 Å². The number of thiazole rings is 1. The zero-order valence-corrected chi connectivity index (χ0v) is 12.0. The van der Waals surface area contributed by atoms with Gasteiger partial charge in [0, 0.05) is 21.6 Å². The Kier molecular flexibility index (Phi) is 3.98. The summed E-state index contributed by atoms with van der Waals surface area (Å²) in [4.78, 5) is 19.0. The largest absolute Gasteiger partial charge is 0.398 e. The number of anilines is 1. The van der Waals surface area contributed by atoms with E-state index in [2.05, 4.69) is 17.2 Å². The topological polar surface area (TPSA) is 68.0 Å². The highest BCUT2D eigenvalue weighted by Gasteiger charge is 2.11. The summed E-state index contributed by atoms with van der Waals surface area (Å²) in [6.07, 6.45) is 2.84. The molecule has 96 valence electrons. The molecular weight excluding hydrogens is 266 g/mol. The lowest BCUT2D eigenvalue weighted by molar-refractivity contribution is 0.0955. The average Bonchev–Trinajstić information content (AvgIpc) is 2.94. The van der Waals surface area contributed by atoms with Crippen molar-refractivity contribution in [3.05, 3.63) is 31.9 Å². The van der Waals surface area contributed by atoms with Crippen molar-refractivity contribution in [2.75, 3.05) is 5.73 Å². The standard InChI is InChI=1S/C12H15N3OS2/c1-3-8-5-14-11(18-8)6-15-12(16)10-4-9(13)7(2)17-10/h4-5H,3,6,13H2,1-2H3,(H,15,16). The Bertz CT molecular complexity index is 540. The Morgan fingerprint density at radius 3 is 2.83 bits per heavy atom. The van der Waals surface area contributed by atoms with Crippen molar-refractivity contribution >= 4 is 34.3 Å². The highest BCUT2D eigenvalue weighted by Crippen LogP contribution is 2.23. The normalized spacial score (nSPS) is 10.6. The van der Waals surface area contributed by atoms with Crippen LogP contribution in [0.15, 0.2) is 12.3 Å². The summed E-state index contributed by atoms with van der Waals surface area (Å²) >= 11 is 3.04. The maximum Gasteiger partial charge on any atom is 0.261 e. The van der Waals surface area contributed by atoms with Gasteiger partial charge in [0.1, 0.15) is 5.01 Å². The van der Waals surface area contributed by atoms with Gasteiger partial charge < -0.3 is 11.1 Å². The van der Waals surface area contributed by atoms with Crippen LogP contribution in [0.25, 0.3) is 0 Å². The number of aromatic nitrogens is 1. The van der Waals surface area contributed by atoms with Gasteiger partial charge in [-0.1, -0.05) is 6.92 Å². The van der Waals surface area contributed by atoms with Crippen LogP contribution in [0.2, 0.25) is 0 Å². The van der Waals surface area contributed by atoms with Gasteiger partial charge in [-0.2, -0.15) is 0 Å². The molecule has 18 heavy (non-hydrogen) atoms. The highest BCUT2D eigenvalue weighted by molar-refractivity contribution is 7.14. The predicted octanol–water partition coefficient (Wildman–Crippen LogP) is 2.59. The Morgan fingerprint density at radius 1 is 1.50 bits per heavy atom. The quantitative estimate of drug-likeness (QED) is 0.905. The second-order valence-electron chi connectivity index (χ2n) is 3.88. The molecule has 0 unspecified atom stereocenters. The molecule has 0 radical (unpaired) electrons. The van der Waals surface area contributed by atoms with Gasteiger partial charge in [-0.25, -0.2) is 4.98 Å². The van der Waals surface area contributed by atoms with Crippen LogP contribution in [0, 0.1) is 6.92 Å². The third-order valence-electron chi connectivity index (χ3n) is 2.53. The molecule has 0 saturated heterocycles. The summed E-state index contributed by atoms with van der Waals surface area (Å²) in [6.45, 7) is 4.47. The molecule has 4 nitrogen and oxygen atoms in total. The van der Waals surface area contributed by atoms with Crippen molar-refractivity contribution < 1.29 is 4.79 Å². The smallest absolute Gasteiger partial charge is 0.261 e. The molecule has 2 rings (SSSR count). The molecule has 2 heterocycles. The third-order valence-corrected chi connectivity index (χ3v) is 4.74. The van der Waals surface area contributed by atoms with E-state index in [1.165, 1.54) is 16.2 Å². The summed E-state index contributed by atoms with van der Waals surface area (Å²) < 4.78 is 0. The third kappa shape index (κ3) is 2.88. The lowest BCUT2D eigenvalue weighted by Gasteiger charge is -1.99. The number of carbonyl (C=O) groups excluding carboxylic acids is 1. The molecule has 0 aliphatic carbocycles. The molecule has 2 aromatic heterocycles. The molecule has 1 amide bonds. The van der Waals surface area contributed by atoms with Gasteiger partial charge in [-0.15, -0.1) is 22.7 Å². The van der Waals surface area contributed by atoms with Crippen LogP contribution in [0.1, 0.15) is 31.4 Å². The Hall–Kier alpha value is -1.40. The van der Waals surface area contributed by atoms with Gasteiger partial charge in [-0.05, 0) is 19.4 Å². The molecule has 0 saturated carbocycles. The number of hydrogen-bond donors (Lipinski definition) is 2. The number of rotatable bonds is 4. The van der Waals surface area contributed by atoms with E-state index in [9.17, 15) is 4.79 Å². The second kappa shape index (κ2) is 5.49. The van der Waals surface area contributed by atoms with E-state index in [4.69, 9.17) is 5.73 Å². The van der Waals surface area contributed by atoms with Gasteiger partial charge >= 0.3 is 0 Å². The Balaban J connectivity index is 1.95. The van der Waals surface area contributed by atoms with Crippen molar-refractivity contribution in [3.8, 4) is 0 Å². The molecule has 0 atom stereocenters. The van der Waals surface area contributed by atoms with Crippen LogP contribution in [-0.2, 0) is 13.0 Å². The molecule has 0 aromatic carbocycles. The fourth-order valence-corrected chi connectivity index (χ4v) is 3.10. The Labute approximate surface area is 114 Å². The molecule has 0 fully saturated rings. The summed E-state index contributed by atoms with van der Waals surface area (Å²) in [7, 11) is 0. The number of nitrogen functional groups attached to an aromatic ring is 1. The summed E-state index contributed by atoms with van der Waals surface area (Å²) in [5, 5.41) is 3.79. The molecular formula is C12H15N3OS2. The maximum atomic E-state index is 11.9. The molecule has 0 aliphatic heterocycles. The van der Waals surface area contributed by atoms with Crippen molar-refractivity contribution in [1.29, 1.82) is 0 Å². The zero-order chi connectivity index (χ0) is 13.1. The van der Waals surface area contributed by atoms with Gasteiger partial charge in [0.2, 0.25) is 0 Å². The first-order chi connectivity index (χ1) is 8.60. The van der Waals surface area contributed by atoms with Crippen LogP contribution in [0.3, 0.4) is 0 Å². The summed E-state index contributed by atoms with van der Waals surface area (Å²) in [6, 6.07) is 1.72. The highest BCUT2D eigenvalue weighted by atomic mass is 32.1. The molecule has 0 bridgehead atoms. The van der Waals surface area contributed by atoms with Crippen LogP contribution < -0.4 is 11.1 Å². The van der Waals surface area contributed by atoms with Crippen LogP contribution >= 0.6 is 22.7 Å². The number of nitrogens with one attached hydrogen (secondary N) is 1. The Morgan fingerprint density at radius 2 is 2.28 bits per heavy atom. The van der Waals surface area contributed by atoms with E-state index >= 15 is 0 Å². The fourth-order valence-electron chi connectivity index (χ4n) is 1.44. The molecule has 0 aliphatic rings. The monoisotopic (exact) mass is 281 g/mol. The predicted molar refractivity (Wildman–Crippen MR) is 76.1 cm³/mol. The van der Waals surface area contributed by atoms with E-state index in [-0.39, 0.29) is 5.91 Å². The van der Waals surface area contributed by atoms with Gasteiger partial charge in [0.05, 0.1) is 11.4 Å². The maximum absolute atomic E-state index is 11.9. The van der Waals surface area contributed by atoms with E-state index in [1.807, 2.05) is 13.1 Å². The minimum atomic E-state index is -0.0898. The first kappa shape index (κ1) is 13.0. The number of aryl methyl sites for hydroxylation is 2. The minimum Gasteiger partial charge on any atom is -0.398 e. The van der Waals surface area contributed by atoms with Crippen LogP contribution in [0.4, 0.5) is 5.69 Å². The molecule has 3 N–H and O–H groups in total. The van der Waals surface area contributed by atoms with Crippen molar-refractivity contribution in [3.63, 3.8) is 0 Å². The first-order valence-corrected chi connectivity index (χ1v) is 7.31. The SMILES string of the molecule is CCc1cnc(CNC(=O)c2cc(N)c(C)s2)s1. The van der Waals surface area contributed by atoms with Crippen LogP contribution in [0.5, 0.6) is 0 Å². The number of amides is 1. The lowest BCUT2D eigenvalue weighted by Crippen LogP contribution is -2.21. The van der Waals surface area contributed by atoms with E-state index in [1.54, 1.807) is 17.4 Å². The summed E-state index contributed by atoms with van der Waals surface area (Å²) in [5.74, 6) is -0.0898. The molecule has 2 aromatic rings. The second-order valence-corrected chi connectivity index (χ2v) is 6.33. The minimum absolute atomic E-state index is 0.0898. The number of nitrogens with zero attached hydrogens (tertiary/aromatic N) is 1.